The maximum absolute atomic E-state index is 6.17. The fourth-order valence-corrected chi connectivity index (χ4v) is 2.86. The van der Waals surface area contributed by atoms with E-state index < -0.39 is 0 Å². The Balaban J connectivity index is 2.02. The molecule has 0 unspecified atom stereocenters. The Morgan fingerprint density at radius 2 is 2.16 bits per heavy atom. The number of nitrogens with one attached hydrogen (secondary N) is 1. The van der Waals surface area contributed by atoms with E-state index in [9.17, 15) is 0 Å². The number of ether oxygens (including phenoxy) is 1. The third-order valence-electron chi connectivity index (χ3n) is 3.93. The first kappa shape index (κ1) is 14.8. The second-order valence-corrected chi connectivity index (χ2v) is 5.44. The van der Waals surface area contributed by atoms with E-state index in [1.807, 2.05) is 0 Å². The number of hydrogen-bond donors (Lipinski definition) is 1. The lowest BCUT2D eigenvalue weighted by molar-refractivity contribution is 0.0456. The first-order chi connectivity index (χ1) is 9.23. The van der Waals surface area contributed by atoms with Crippen molar-refractivity contribution in [1.82, 2.24) is 15.1 Å². The van der Waals surface area contributed by atoms with E-state index in [1.54, 1.807) is 0 Å². The lowest BCUT2D eigenvalue weighted by Crippen LogP contribution is -2.50. The fourth-order valence-electron chi connectivity index (χ4n) is 2.50. The molecule has 5 heteroatoms. The molecule has 0 saturated carbocycles. The van der Waals surface area contributed by atoms with E-state index in [1.165, 1.54) is 5.69 Å². The van der Waals surface area contributed by atoms with Crippen molar-refractivity contribution >= 4 is 11.6 Å². The summed E-state index contributed by atoms with van der Waals surface area (Å²) in [4.78, 5) is 0. The van der Waals surface area contributed by atoms with Gasteiger partial charge in [0.1, 0.15) is 0 Å². The minimum atomic E-state index is 0.0228. The number of hydrogen-bond acceptors (Lipinski definition) is 3. The monoisotopic (exact) mass is 285 g/mol. The average molecular weight is 286 g/mol. The minimum absolute atomic E-state index is 0.0228. The molecule has 0 radical (unpaired) electrons. The van der Waals surface area contributed by atoms with Gasteiger partial charge in [-0.15, -0.1) is 11.6 Å². The summed E-state index contributed by atoms with van der Waals surface area (Å²) in [6.07, 6.45) is 2.95. The molecule has 1 aromatic rings. The molecule has 0 aliphatic carbocycles. The summed E-state index contributed by atoms with van der Waals surface area (Å²) in [7, 11) is 0. The molecule has 0 bridgehead atoms. The predicted octanol–water partition coefficient (Wildman–Crippen LogP) is 2.34. The van der Waals surface area contributed by atoms with Crippen LogP contribution in [0.25, 0.3) is 0 Å². The summed E-state index contributed by atoms with van der Waals surface area (Å²) in [5, 5.41) is 8.22. The van der Waals surface area contributed by atoms with Crippen LogP contribution >= 0.6 is 11.6 Å². The molecule has 1 aliphatic rings. The Morgan fingerprint density at radius 3 is 2.74 bits per heavy atom. The number of aromatic nitrogens is 2. The summed E-state index contributed by atoms with van der Waals surface area (Å²) in [5.41, 5.74) is 2.43. The number of rotatable bonds is 6. The summed E-state index contributed by atoms with van der Waals surface area (Å²) < 4.78 is 7.51. The molecular weight excluding hydrogens is 262 g/mol. The van der Waals surface area contributed by atoms with Crippen molar-refractivity contribution in [2.24, 2.45) is 0 Å². The highest BCUT2D eigenvalue weighted by atomic mass is 35.5. The van der Waals surface area contributed by atoms with E-state index in [0.717, 1.165) is 51.3 Å². The van der Waals surface area contributed by atoms with Crippen molar-refractivity contribution in [3.05, 3.63) is 17.5 Å². The van der Waals surface area contributed by atoms with Crippen LogP contribution in [0.2, 0.25) is 0 Å². The van der Waals surface area contributed by atoms with Crippen LogP contribution in [-0.2, 0) is 24.2 Å². The van der Waals surface area contributed by atoms with Crippen LogP contribution in [0.1, 0.15) is 38.1 Å². The maximum Gasteiger partial charge on any atom is 0.0625 e. The lowest BCUT2D eigenvalue weighted by atomic mass is 9.92. The second-order valence-electron chi connectivity index (χ2n) is 5.18. The molecule has 1 aliphatic heterocycles. The van der Waals surface area contributed by atoms with E-state index in [2.05, 4.69) is 35.0 Å². The van der Waals surface area contributed by atoms with Gasteiger partial charge in [0.25, 0.3) is 0 Å². The van der Waals surface area contributed by atoms with Crippen molar-refractivity contribution in [2.75, 3.05) is 19.1 Å². The van der Waals surface area contributed by atoms with E-state index >= 15 is 0 Å². The lowest BCUT2D eigenvalue weighted by Gasteiger charge is -2.36. The van der Waals surface area contributed by atoms with Crippen molar-refractivity contribution in [3.8, 4) is 0 Å². The smallest absolute Gasteiger partial charge is 0.0625 e. The van der Waals surface area contributed by atoms with Gasteiger partial charge in [0.05, 0.1) is 11.4 Å². The van der Waals surface area contributed by atoms with Crippen LogP contribution in [0.15, 0.2) is 6.07 Å². The third-order valence-corrected chi connectivity index (χ3v) is 4.44. The SMILES string of the molecule is CCc1cc(CNC2(CCl)CCOCC2)n(CC)n1. The highest BCUT2D eigenvalue weighted by molar-refractivity contribution is 6.18. The molecule has 1 aromatic heterocycles. The van der Waals surface area contributed by atoms with Crippen LogP contribution in [-0.4, -0.2) is 34.4 Å². The molecule has 4 nitrogen and oxygen atoms in total. The summed E-state index contributed by atoms with van der Waals surface area (Å²) >= 11 is 6.17. The van der Waals surface area contributed by atoms with Crippen molar-refractivity contribution in [1.29, 1.82) is 0 Å². The van der Waals surface area contributed by atoms with E-state index in [0.29, 0.717) is 5.88 Å². The van der Waals surface area contributed by atoms with Crippen LogP contribution in [0, 0.1) is 0 Å². The zero-order valence-electron chi connectivity index (χ0n) is 11.9. The fraction of sp³-hybridized carbons (Fsp3) is 0.786. The van der Waals surface area contributed by atoms with E-state index in [4.69, 9.17) is 16.3 Å². The molecule has 0 aromatic carbocycles. The number of alkyl halides is 1. The van der Waals surface area contributed by atoms with Gasteiger partial charge < -0.3 is 10.1 Å². The normalized spacial score (nSPS) is 18.7. The number of halogens is 1. The molecule has 0 atom stereocenters. The molecular formula is C14H24ClN3O. The van der Waals surface area contributed by atoms with Gasteiger partial charge in [0, 0.05) is 37.7 Å². The zero-order chi connectivity index (χ0) is 13.7. The Labute approximate surface area is 120 Å². The van der Waals surface area contributed by atoms with Gasteiger partial charge in [-0.05, 0) is 32.3 Å². The van der Waals surface area contributed by atoms with Gasteiger partial charge in [-0.1, -0.05) is 6.92 Å². The largest absolute Gasteiger partial charge is 0.381 e. The summed E-state index contributed by atoms with van der Waals surface area (Å²) in [6.45, 7) is 7.60. The maximum atomic E-state index is 6.17. The van der Waals surface area contributed by atoms with Gasteiger partial charge in [0.2, 0.25) is 0 Å². The quantitative estimate of drug-likeness (QED) is 0.816. The molecule has 0 spiro atoms. The van der Waals surface area contributed by atoms with Crippen LogP contribution in [0.4, 0.5) is 0 Å². The van der Waals surface area contributed by atoms with Gasteiger partial charge in [-0.3, -0.25) is 4.68 Å². The first-order valence-electron chi connectivity index (χ1n) is 7.17. The molecule has 1 N–H and O–H groups in total. The minimum Gasteiger partial charge on any atom is -0.381 e. The Morgan fingerprint density at radius 1 is 1.42 bits per heavy atom. The molecule has 1 fully saturated rings. The van der Waals surface area contributed by atoms with Crippen LogP contribution in [0.5, 0.6) is 0 Å². The number of nitrogens with zero attached hydrogens (tertiary/aromatic N) is 2. The van der Waals surface area contributed by atoms with Gasteiger partial charge in [-0.2, -0.15) is 5.10 Å². The first-order valence-corrected chi connectivity index (χ1v) is 7.71. The van der Waals surface area contributed by atoms with E-state index in [-0.39, 0.29) is 5.54 Å². The van der Waals surface area contributed by atoms with Gasteiger partial charge >= 0.3 is 0 Å². The van der Waals surface area contributed by atoms with Gasteiger partial charge in [0.15, 0.2) is 0 Å². The second kappa shape index (κ2) is 6.73. The molecule has 19 heavy (non-hydrogen) atoms. The average Bonchev–Trinajstić information content (AvgIpc) is 2.88. The molecule has 108 valence electrons. The van der Waals surface area contributed by atoms with Crippen molar-refractivity contribution in [3.63, 3.8) is 0 Å². The third kappa shape index (κ3) is 3.50. The zero-order valence-corrected chi connectivity index (χ0v) is 12.7. The molecule has 2 heterocycles. The Kier molecular flexibility index (Phi) is 5.25. The Hall–Kier alpha value is -0.580. The highest BCUT2D eigenvalue weighted by Crippen LogP contribution is 2.23. The molecule has 1 saturated heterocycles. The van der Waals surface area contributed by atoms with Crippen LogP contribution < -0.4 is 5.32 Å². The van der Waals surface area contributed by atoms with Crippen molar-refractivity contribution < 1.29 is 4.74 Å². The number of aryl methyl sites for hydroxylation is 2. The summed E-state index contributed by atoms with van der Waals surface area (Å²) in [5.74, 6) is 0.636. The van der Waals surface area contributed by atoms with Gasteiger partial charge in [-0.25, -0.2) is 0 Å². The summed E-state index contributed by atoms with van der Waals surface area (Å²) in [6, 6.07) is 2.19. The predicted molar refractivity (Wildman–Crippen MR) is 77.6 cm³/mol. The Bertz CT molecular complexity index is 399. The topological polar surface area (TPSA) is 39.1 Å². The highest BCUT2D eigenvalue weighted by Gasteiger charge is 2.31. The van der Waals surface area contributed by atoms with Crippen LogP contribution in [0.3, 0.4) is 0 Å². The van der Waals surface area contributed by atoms with Crippen molar-refractivity contribution in [2.45, 2.75) is 51.7 Å². The molecule has 2 rings (SSSR count). The standard InChI is InChI=1S/C14H24ClN3O/c1-3-12-9-13(18(4-2)17-12)10-16-14(11-15)5-7-19-8-6-14/h9,16H,3-8,10-11H2,1-2H3. The molecule has 0 amide bonds.